The normalized spacial score (nSPS) is 40.5. The molecule has 0 aromatic carbocycles. The Morgan fingerprint density at radius 3 is 2.55 bits per heavy atom. The standard InChI is InChI=1S/C7H12N2O2/c10-2-1-5-6-3-9(8-11)4-7(5)6/h5-7,10H,1-4H2/t5?,6-,7+. The zero-order chi connectivity index (χ0) is 7.84. The maximum atomic E-state index is 10.1. The summed E-state index contributed by atoms with van der Waals surface area (Å²) in [5, 5.41) is 13.1. The number of nitrogens with zero attached hydrogens (tertiary/aromatic N) is 2. The van der Waals surface area contributed by atoms with Crippen LogP contribution in [0.4, 0.5) is 0 Å². The molecular formula is C7H12N2O2. The van der Waals surface area contributed by atoms with Crippen LogP contribution in [0.2, 0.25) is 0 Å². The summed E-state index contributed by atoms with van der Waals surface area (Å²) in [6, 6.07) is 0. The van der Waals surface area contributed by atoms with Gasteiger partial charge in [0.2, 0.25) is 0 Å². The predicted octanol–water partition coefficient (Wildman–Crippen LogP) is 0.228. The minimum Gasteiger partial charge on any atom is -0.396 e. The molecule has 2 rings (SSSR count). The quantitative estimate of drug-likeness (QED) is 0.595. The molecule has 11 heavy (non-hydrogen) atoms. The molecule has 3 atom stereocenters. The molecule has 1 N–H and O–H groups in total. The number of piperidine rings is 1. The lowest BCUT2D eigenvalue weighted by molar-refractivity contribution is 0.247. The van der Waals surface area contributed by atoms with Gasteiger partial charge in [-0.25, -0.2) is 0 Å². The van der Waals surface area contributed by atoms with Gasteiger partial charge in [-0.1, -0.05) is 0 Å². The van der Waals surface area contributed by atoms with Crippen molar-refractivity contribution in [1.29, 1.82) is 0 Å². The van der Waals surface area contributed by atoms with E-state index >= 15 is 0 Å². The van der Waals surface area contributed by atoms with Gasteiger partial charge in [0.1, 0.15) is 0 Å². The lowest BCUT2D eigenvalue weighted by Gasteiger charge is -2.10. The van der Waals surface area contributed by atoms with Crippen LogP contribution in [0.3, 0.4) is 0 Å². The van der Waals surface area contributed by atoms with Gasteiger partial charge in [-0.15, -0.1) is 4.91 Å². The van der Waals surface area contributed by atoms with E-state index in [2.05, 4.69) is 5.29 Å². The van der Waals surface area contributed by atoms with Crippen molar-refractivity contribution in [2.45, 2.75) is 6.42 Å². The van der Waals surface area contributed by atoms with E-state index in [4.69, 9.17) is 5.11 Å². The summed E-state index contributed by atoms with van der Waals surface area (Å²) >= 11 is 0. The average molecular weight is 156 g/mol. The molecule has 1 aliphatic carbocycles. The summed E-state index contributed by atoms with van der Waals surface area (Å²) in [5.74, 6) is 1.98. The molecule has 0 bridgehead atoms. The highest BCUT2D eigenvalue weighted by Crippen LogP contribution is 2.53. The number of aliphatic hydroxyl groups is 1. The van der Waals surface area contributed by atoms with Crippen molar-refractivity contribution in [2.75, 3.05) is 19.7 Å². The Balaban J connectivity index is 1.81. The van der Waals surface area contributed by atoms with E-state index in [1.165, 1.54) is 0 Å². The zero-order valence-corrected chi connectivity index (χ0v) is 6.31. The maximum absolute atomic E-state index is 10.1. The second-order valence-electron chi connectivity index (χ2n) is 3.46. The molecule has 1 saturated heterocycles. The third-order valence-corrected chi connectivity index (χ3v) is 2.93. The Kier molecular flexibility index (Phi) is 1.56. The van der Waals surface area contributed by atoms with Gasteiger partial charge in [0.15, 0.2) is 0 Å². The molecule has 1 saturated carbocycles. The van der Waals surface area contributed by atoms with Crippen LogP contribution in [0.1, 0.15) is 6.42 Å². The van der Waals surface area contributed by atoms with Crippen LogP contribution in [-0.2, 0) is 0 Å². The molecule has 1 heterocycles. The first-order valence-corrected chi connectivity index (χ1v) is 4.06. The molecule has 2 fully saturated rings. The van der Waals surface area contributed by atoms with Crippen molar-refractivity contribution in [3.8, 4) is 0 Å². The number of hydrogen-bond donors (Lipinski definition) is 1. The topological polar surface area (TPSA) is 52.9 Å². The molecule has 4 nitrogen and oxygen atoms in total. The fraction of sp³-hybridized carbons (Fsp3) is 1.00. The van der Waals surface area contributed by atoms with Crippen molar-refractivity contribution in [3.05, 3.63) is 4.91 Å². The predicted molar refractivity (Wildman–Crippen MR) is 39.5 cm³/mol. The first-order valence-electron chi connectivity index (χ1n) is 4.06. The fourth-order valence-electron chi connectivity index (χ4n) is 2.27. The van der Waals surface area contributed by atoms with Gasteiger partial charge < -0.3 is 5.11 Å². The molecule has 0 amide bonds. The average Bonchev–Trinajstić information content (AvgIpc) is 2.48. The first-order chi connectivity index (χ1) is 5.36. The van der Waals surface area contributed by atoms with E-state index in [0.29, 0.717) is 17.8 Å². The highest BCUT2D eigenvalue weighted by Gasteiger charge is 2.55. The lowest BCUT2D eigenvalue weighted by atomic mass is 10.2. The van der Waals surface area contributed by atoms with Gasteiger partial charge in [-0.05, 0) is 24.2 Å². The molecule has 0 aromatic heterocycles. The van der Waals surface area contributed by atoms with Gasteiger partial charge in [0.05, 0.1) is 5.29 Å². The van der Waals surface area contributed by atoms with Crippen LogP contribution >= 0.6 is 0 Å². The largest absolute Gasteiger partial charge is 0.396 e. The zero-order valence-electron chi connectivity index (χ0n) is 6.31. The van der Waals surface area contributed by atoms with Crippen molar-refractivity contribution >= 4 is 0 Å². The van der Waals surface area contributed by atoms with E-state index in [1.807, 2.05) is 0 Å². The van der Waals surface area contributed by atoms with E-state index in [-0.39, 0.29) is 6.61 Å². The van der Waals surface area contributed by atoms with Crippen LogP contribution in [0.25, 0.3) is 0 Å². The van der Waals surface area contributed by atoms with E-state index in [9.17, 15) is 4.91 Å². The Bertz CT molecular complexity index is 162. The highest BCUT2D eigenvalue weighted by atomic mass is 16.3. The van der Waals surface area contributed by atoms with Crippen LogP contribution in [0.5, 0.6) is 0 Å². The van der Waals surface area contributed by atoms with Crippen LogP contribution in [0, 0.1) is 22.7 Å². The third-order valence-electron chi connectivity index (χ3n) is 2.93. The number of rotatable bonds is 3. The van der Waals surface area contributed by atoms with Crippen molar-refractivity contribution in [2.24, 2.45) is 23.0 Å². The summed E-state index contributed by atoms with van der Waals surface area (Å²) in [5.41, 5.74) is 0. The van der Waals surface area contributed by atoms with Crippen molar-refractivity contribution in [3.63, 3.8) is 0 Å². The number of hydrogen-bond acceptors (Lipinski definition) is 3. The molecule has 0 radical (unpaired) electrons. The van der Waals surface area contributed by atoms with Gasteiger partial charge in [-0.3, -0.25) is 5.01 Å². The molecule has 2 aliphatic rings. The highest BCUT2D eigenvalue weighted by molar-refractivity contribution is 5.03. The molecule has 62 valence electrons. The summed E-state index contributed by atoms with van der Waals surface area (Å²) in [7, 11) is 0. The first kappa shape index (κ1) is 7.03. The van der Waals surface area contributed by atoms with Crippen LogP contribution in [0.15, 0.2) is 5.29 Å². The van der Waals surface area contributed by atoms with Gasteiger partial charge in [-0.2, -0.15) is 0 Å². The summed E-state index contributed by atoms with van der Waals surface area (Å²) < 4.78 is 0. The van der Waals surface area contributed by atoms with Gasteiger partial charge >= 0.3 is 0 Å². The smallest absolute Gasteiger partial charge is 0.0524 e. The monoisotopic (exact) mass is 156 g/mol. The molecule has 0 spiro atoms. The van der Waals surface area contributed by atoms with Crippen LogP contribution in [-0.4, -0.2) is 29.8 Å². The number of nitroso groups, excluding NO2 is 1. The number of fused-ring (bicyclic) bond motifs is 1. The molecule has 0 aromatic rings. The summed E-state index contributed by atoms with van der Waals surface area (Å²) in [4.78, 5) is 10.1. The second-order valence-corrected chi connectivity index (χ2v) is 3.46. The minimum atomic E-state index is 0.284. The van der Waals surface area contributed by atoms with E-state index in [1.54, 1.807) is 5.01 Å². The number of aliphatic hydroxyl groups excluding tert-OH is 1. The Labute approximate surface area is 65.1 Å². The SMILES string of the molecule is O=NN1C[C@@H]2C(CCO)[C@@H]2C1. The summed E-state index contributed by atoms with van der Waals surface area (Å²) in [6.07, 6.45) is 0.905. The van der Waals surface area contributed by atoms with Crippen molar-refractivity contribution < 1.29 is 5.11 Å². The molecular weight excluding hydrogens is 144 g/mol. The maximum Gasteiger partial charge on any atom is 0.0524 e. The third kappa shape index (κ3) is 1.01. The van der Waals surface area contributed by atoms with Gasteiger partial charge in [0, 0.05) is 19.7 Å². The van der Waals surface area contributed by atoms with Crippen LogP contribution < -0.4 is 0 Å². The van der Waals surface area contributed by atoms with Crippen molar-refractivity contribution in [1.82, 2.24) is 5.01 Å². The summed E-state index contributed by atoms with van der Waals surface area (Å²) in [6.45, 7) is 1.92. The molecule has 4 heteroatoms. The van der Waals surface area contributed by atoms with E-state index in [0.717, 1.165) is 19.5 Å². The lowest BCUT2D eigenvalue weighted by Crippen LogP contribution is -2.17. The second kappa shape index (κ2) is 2.44. The fourth-order valence-corrected chi connectivity index (χ4v) is 2.27. The molecule has 1 aliphatic heterocycles. The Hall–Kier alpha value is -0.640. The van der Waals surface area contributed by atoms with E-state index < -0.39 is 0 Å². The minimum absolute atomic E-state index is 0.284. The Morgan fingerprint density at radius 1 is 1.45 bits per heavy atom. The molecule has 1 unspecified atom stereocenters. The Morgan fingerprint density at radius 2 is 2.09 bits per heavy atom. The van der Waals surface area contributed by atoms with Gasteiger partial charge in [0.25, 0.3) is 0 Å².